The summed E-state index contributed by atoms with van der Waals surface area (Å²) in [6.07, 6.45) is 0.946. The van der Waals surface area contributed by atoms with Gasteiger partial charge in [-0.25, -0.2) is 0 Å². The molecule has 0 spiro atoms. The lowest BCUT2D eigenvalue weighted by molar-refractivity contribution is 0.729. The van der Waals surface area contributed by atoms with Gasteiger partial charge in [-0.05, 0) is 42.9 Å². The summed E-state index contributed by atoms with van der Waals surface area (Å²) < 4.78 is 1.13. The molecular formula is C11H16BrNS. The molecule has 1 aromatic carbocycles. The van der Waals surface area contributed by atoms with E-state index >= 15 is 0 Å². The summed E-state index contributed by atoms with van der Waals surface area (Å²) in [5, 5.41) is 0. The number of nitrogens with two attached hydrogens (primary N) is 1. The Balaban J connectivity index is 2.90. The number of rotatable bonds is 4. The van der Waals surface area contributed by atoms with Crippen LogP contribution in [0.3, 0.4) is 0 Å². The lowest BCUT2D eigenvalue weighted by Gasteiger charge is -2.11. The van der Waals surface area contributed by atoms with Crippen LogP contribution < -0.4 is 5.73 Å². The lowest BCUT2D eigenvalue weighted by atomic mass is 10.1. The number of thioether (sulfide) groups is 1. The highest BCUT2D eigenvalue weighted by molar-refractivity contribution is 9.10. The van der Waals surface area contributed by atoms with Crippen molar-refractivity contribution in [1.82, 2.24) is 0 Å². The highest BCUT2D eigenvalue weighted by Crippen LogP contribution is 2.26. The summed E-state index contributed by atoms with van der Waals surface area (Å²) in [6.45, 7) is 4.21. The zero-order valence-electron chi connectivity index (χ0n) is 8.59. The van der Waals surface area contributed by atoms with Gasteiger partial charge in [-0.15, -0.1) is 11.8 Å². The maximum atomic E-state index is 5.81. The summed E-state index contributed by atoms with van der Waals surface area (Å²) in [4.78, 5) is 1.35. The fraction of sp³-hybridized carbons (Fsp3) is 0.455. The maximum Gasteiger partial charge on any atom is 0.0178 e. The van der Waals surface area contributed by atoms with Gasteiger partial charge in [0.15, 0.2) is 0 Å². The van der Waals surface area contributed by atoms with Crippen molar-refractivity contribution in [2.24, 2.45) is 5.73 Å². The third-order valence-electron chi connectivity index (χ3n) is 1.86. The van der Waals surface area contributed by atoms with Crippen molar-refractivity contribution in [3.63, 3.8) is 0 Å². The van der Waals surface area contributed by atoms with E-state index in [9.17, 15) is 0 Å². The van der Waals surface area contributed by atoms with Crippen LogP contribution in [0.15, 0.2) is 27.6 Å². The Morgan fingerprint density at radius 1 is 1.50 bits per heavy atom. The highest BCUT2D eigenvalue weighted by atomic mass is 79.9. The predicted octanol–water partition coefficient (Wildman–Crippen LogP) is 3.45. The van der Waals surface area contributed by atoms with E-state index in [1.54, 1.807) is 0 Å². The first-order chi connectivity index (χ1) is 6.63. The molecule has 14 heavy (non-hydrogen) atoms. The molecule has 0 fully saturated rings. The molecule has 1 rings (SSSR count). The SMILES string of the molecule is CCSc1ccc(Br)cc1CC(C)N. The summed E-state index contributed by atoms with van der Waals surface area (Å²) in [5.74, 6) is 1.10. The van der Waals surface area contributed by atoms with Crippen LogP contribution in [0.1, 0.15) is 19.4 Å². The molecule has 0 aliphatic carbocycles. The van der Waals surface area contributed by atoms with Gasteiger partial charge in [-0.2, -0.15) is 0 Å². The Bertz CT molecular complexity index is 299. The Morgan fingerprint density at radius 3 is 2.79 bits per heavy atom. The van der Waals surface area contributed by atoms with E-state index in [1.165, 1.54) is 10.5 Å². The van der Waals surface area contributed by atoms with Gasteiger partial charge in [0.25, 0.3) is 0 Å². The second kappa shape index (κ2) is 5.79. The molecule has 1 aromatic rings. The van der Waals surface area contributed by atoms with Crippen molar-refractivity contribution in [3.8, 4) is 0 Å². The van der Waals surface area contributed by atoms with E-state index in [0.29, 0.717) is 0 Å². The van der Waals surface area contributed by atoms with Crippen LogP contribution in [0.2, 0.25) is 0 Å². The maximum absolute atomic E-state index is 5.81. The largest absolute Gasteiger partial charge is 0.328 e. The summed E-state index contributed by atoms with van der Waals surface area (Å²) in [5.41, 5.74) is 7.16. The van der Waals surface area contributed by atoms with E-state index in [-0.39, 0.29) is 6.04 Å². The molecule has 0 saturated heterocycles. The third-order valence-corrected chi connectivity index (χ3v) is 3.36. The van der Waals surface area contributed by atoms with E-state index < -0.39 is 0 Å². The molecule has 1 unspecified atom stereocenters. The van der Waals surface area contributed by atoms with Gasteiger partial charge >= 0.3 is 0 Å². The quantitative estimate of drug-likeness (QED) is 0.851. The molecule has 0 saturated carbocycles. The minimum absolute atomic E-state index is 0.223. The molecule has 3 heteroatoms. The molecule has 1 nitrogen and oxygen atoms in total. The van der Waals surface area contributed by atoms with Crippen LogP contribution in [0.5, 0.6) is 0 Å². The van der Waals surface area contributed by atoms with Crippen LogP contribution in [0.25, 0.3) is 0 Å². The second-order valence-electron chi connectivity index (χ2n) is 3.37. The number of hydrogen-bond acceptors (Lipinski definition) is 2. The topological polar surface area (TPSA) is 26.0 Å². The molecule has 0 aliphatic heterocycles. The van der Waals surface area contributed by atoms with Crippen LogP contribution in [0, 0.1) is 0 Å². The Labute approximate surface area is 98.6 Å². The fourth-order valence-corrected chi connectivity index (χ4v) is 2.56. The molecule has 0 aromatic heterocycles. The molecule has 1 atom stereocenters. The normalized spacial score (nSPS) is 12.9. The monoisotopic (exact) mass is 273 g/mol. The van der Waals surface area contributed by atoms with E-state index in [0.717, 1.165) is 16.6 Å². The highest BCUT2D eigenvalue weighted by Gasteiger charge is 2.05. The van der Waals surface area contributed by atoms with Gasteiger partial charge in [0, 0.05) is 15.4 Å². The van der Waals surface area contributed by atoms with Gasteiger partial charge < -0.3 is 5.73 Å². The van der Waals surface area contributed by atoms with E-state index in [4.69, 9.17) is 5.73 Å². The first-order valence-electron chi connectivity index (χ1n) is 4.80. The smallest absolute Gasteiger partial charge is 0.0178 e. The molecule has 78 valence electrons. The van der Waals surface area contributed by atoms with Crippen molar-refractivity contribution in [3.05, 3.63) is 28.2 Å². The molecule has 0 aliphatic rings. The van der Waals surface area contributed by atoms with Crippen LogP contribution in [-0.2, 0) is 6.42 Å². The van der Waals surface area contributed by atoms with Crippen LogP contribution in [0.4, 0.5) is 0 Å². The van der Waals surface area contributed by atoms with Gasteiger partial charge in [-0.3, -0.25) is 0 Å². The average molecular weight is 274 g/mol. The lowest BCUT2D eigenvalue weighted by Crippen LogP contribution is -2.18. The first-order valence-corrected chi connectivity index (χ1v) is 6.58. The van der Waals surface area contributed by atoms with Gasteiger partial charge in [0.05, 0.1) is 0 Å². The zero-order chi connectivity index (χ0) is 10.6. The molecular weight excluding hydrogens is 258 g/mol. The van der Waals surface area contributed by atoms with Crippen LogP contribution >= 0.6 is 27.7 Å². The predicted molar refractivity (Wildman–Crippen MR) is 67.9 cm³/mol. The third kappa shape index (κ3) is 3.64. The van der Waals surface area contributed by atoms with E-state index in [1.807, 2.05) is 18.7 Å². The van der Waals surface area contributed by atoms with Gasteiger partial charge in [-0.1, -0.05) is 22.9 Å². The zero-order valence-corrected chi connectivity index (χ0v) is 11.0. The summed E-state index contributed by atoms with van der Waals surface area (Å²) >= 11 is 5.36. The van der Waals surface area contributed by atoms with Crippen molar-refractivity contribution in [2.45, 2.75) is 31.2 Å². The Hall–Kier alpha value is 0.01000. The summed E-state index contributed by atoms with van der Waals surface area (Å²) in [6, 6.07) is 6.64. The minimum atomic E-state index is 0.223. The molecule has 2 N–H and O–H groups in total. The first kappa shape index (κ1) is 12.1. The minimum Gasteiger partial charge on any atom is -0.328 e. The Kier molecular flexibility index (Phi) is 4.99. The Morgan fingerprint density at radius 2 is 2.21 bits per heavy atom. The number of benzene rings is 1. The molecule has 0 bridgehead atoms. The van der Waals surface area contributed by atoms with Gasteiger partial charge in [0.2, 0.25) is 0 Å². The molecule has 0 heterocycles. The van der Waals surface area contributed by atoms with Crippen LogP contribution in [-0.4, -0.2) is 11.8 Å². The average Bonchev–Trinajstić information content (AvgIpc) is 2.09. The summed E-state index contributed by atoms with van der Waals surface area (Å²) in [7, 11) is 0. The number of hydrogen-bond donors (Lipinski definition) is 1. The van der Waals surface area contributed by atoms with Gasteiger partial charge in [0.1, 0.15) is 0 Å². The molecule has 0 amide bonds. The second-order valence-corrected chi connectivity index (χ2v) is 5.59. The standard InChI is InChI=1S/C11H16BrNS/c1-3-14-11-5-4-10(12)7-9(11)6-8(2)13/h4-5,7-8H,3,6,13H2,1-2H3. The van der Waals surface area contributed by atoms with Crippen molar-refractivity contribution in [2.75, 3.05) is 5.75 Å². The van der Waals surface area contributed by atoms with E-state index in [2.05, 4.69) is 41.1 Å². The fourth-order valence-electron chi connectivity index (χ4n) is 1.35. The van der Waals surface area contributed by atoms with Crippen molar-refractivity contribution >= 4 is 27.7 Å². The van der Waals surface area contributed by atoms with Crippen molar-refractivity contribution < 1.29 is 0 Å². The molecule has 0 radical (unpaired) electrons. The number of halogens is 1. The van der Waals surface area contributed by atoms with Crippen molar-refractivity contribution in [1.29, 1.82) is 0 Å².